The van der Waals surface area contributed by atoms with Gasteiger partial charge >= 0.3 is 0 Å². The fourth-order valence-electron chi connectivity index (χ4n) is 1.68. The van der Waals surface area contributed by atoms with Gasteiger partial charge in [0.25, 0.3) is 0 Å². The predicted molar refractivity (Wildman–Crippen MR) is 78.0 cm³/mol. The molecule has 0 radical (unpaired) electrons. The van der Waals surface area contributed by atoms with Gasteiger partial charge in [-0.3, -0.25) is 4.79 Å². The van der Waals surface area contributed by atoms with E-state index in [0.29, 0.717) is 16.3 Å². The van der Waals surface area contributed by atoms with Crippen LogP contribution in [0.4, 0.5) is 5.69 Å². The zero-order valence-electron chi connectivity index (χ0n) is 9.49. The van der Waals surface area contributed by atoms with E-state index in [4.69, 9.17) is 17.3 Å². The number of hydrogen-bond acceptors (Lipinski definition) is 2. The minimum absolute atomic E-state index is 0.0303. The highest BCUT2D eigenvalue weighted by atomic mass is 79.9. The number of benzene rings is 2. The number of anilines is 1. The van der Waals surface area contributed by atoms with Crippen molar-refractivity contribution in [1.29, 1.82) is 0 Å². The summed E-state index contributed by atoms with van der Waals surface area (Å²) in [6.45, 7) is 0. The van der Waals surface area contributed by atoms with Crippen LogP contribution in [0.5, 0.6) is 0 Å². The lowest BCUT2D eigenvalue weighted by Crippen LogP contribution is -2.07. The lowest BCUT2D eigenvalue weighted by atomic mass is 10.0. The molecular formula is C14H11BrClNO. The quantitative estimate of drug-likeness (QED) is 0.682. The molecule has 2 aromatic carbocycles. The molecule has 2 N–H and O–H groups in total. The van der Waals surface area contributed by atoms with Crippen molar-refractivity contribution in [3.05, 3.63) is 63.1 Å². The number of Topliss-reactive ketones (excluding diaryl/α,β-unsaturated/α-hetero) is 1. The smallest absolute Gasteiger partial charge is 0.169 e. The number of carbonyl (C=O) groups is 1. The molecular weight excluding hydrogens is 314 g/mol. The first-order valence-electron chi connectivity index (χ1n) is 5.39. The van der Waals surface area contributed by atoms with Crippen molar-refractivity contribution < 1.29 is 4.79 Å². The molecule has 0 fully saturated rings. The summed E-state index contributed by atoms with van der Waals surface area (Å²) in [4.78, 5) is 12.1. The van der Waals surface area contributed by atoms with E-state index in [1.807, 2.05) is 12.1 Å². The molecule has 0 saturated heterocycles. The molecule has 18 heavy (non-hydrogen) atoms. The molecule has 0 saturated carbocycles. The fraction of sp³-hybridized carbons (Fsp3) is 0.0714. The van der Waals surface area contributed by atoms with E-state index in [-0.39, 0.29) is 12.2 Å². The number of carbonyl (C=O) groups excluding carboxylic acids is 1. The maximum atomic E-state index is 12.1. The second kappa shape index (κ2) is 5.55. The van der Waals surface area contributed by atoms with Crippen molar-refractivity contribution in [2.45, 2.75) is 6.42 Å². The third-order valence-electron chi connectivity index (χ3n) is 2.63. The Morgan fingerprint density at radius 3 is 2.61 bits per heavy atom. The Balaban J connectivity index is 2.24. The second-order valence-electron chi connectivity index (χ2n) is 3.92. The molecule has 2 aromatic rings. The monoisotopic (exact) mass is 323 g/mol. The molecule has 0 aliphatic carbocycles. The van der Waals surface area contributed by atoms with E-state index in [0.717, 1.165) is 10.0 Å². The number of nitrogens with two attached hydrogens (primary N) is 1. The van der Waals surface area contributed by atoms with Crippen molar-refractivity contribution in [1.82, 2.24) is 0 Å². The first-order chi connectivity index (χ1) is 8.58. The number of para-hydroxylation sites is 1. The highest BCUT2D eigenvalue weighted by Gasteiger charge is 2.12. The molecule has 0 unspecified atom stereocenters. The van der Waals surface area contributed by atoms with Crippen LogP contribution in [0.2, 0.25) is 5.02 Å². The third-order valence-corrected chi connectivity index (χ3v) is 3.47. The first kappa shape index (κ1) is 13.1. The van der Waals surface area contributed by atoms with Crippen LogP contribution in [-0.4, -0.2) is 5.78 Å². The molecule has 0 spiro atoms. The number of ketones is 1. The van der Waals surface area contributed by atoms with Gasteiger partial charge in [0.2, 0.25) is 0 Å². The van der Waals surface area contributed by atoms with Gasteiger partial charge in [0.1, 0.15) is 0 Å². The average molecular weight is 325 g/mol. The van der Waals surface area contributed by atoms with Gasteiger partial charge in [-0.25, -0.2) is 0 Å². The fourth-order valence-corrected chi connectivity index (χ4v) is 2.42. The van der Waals surface area contributed by atoms with Gasteiger partial charge in [-0.15, -0.1) is 0 Å². The Bertz CT molecular complexity index is 598. The van der Waals surface area contributed by atoms with Gasteiger partial charge in [-0.1, -0.05) is 45.7 Å². The van der Waals surface area contributed by atoms with E-state index in [2.05, 4.69) is 15.9 Å². The third kappa shape index (κ3) is 2.92. The van der Waals surface area contributed by atoms with Crippen LogP contribution >= 0.6 is 27.5 Å². The normalized spacial score (nSPS) is 10.3. The summed E-state index contributed by atoms with van der Waals surface area (Å²) in [5, 5.41) is 0.576. The van der Waals surface area contributed by atoms with Crippen molar-refractivity contribution in [3.63, 3.8) is 0 Å². The lowest BCUT2D eigenvalue weighted by Gasteiger charge is -2.06. The minimum Gasteiger partial charge on any atom is -0.398 e. The topological polar surface area (TPSA) is 43.1 Å². The van der Waals surface area contributed by atoms with Crippen LogP contribution in [-0.2, 0) is 6.42 Å². The van der Waals surface area contributed by atoms with Gasteiger partial charge in [0, 0.05) is 27.2 Å². The largest absolute Gasteiger partial charge is 0.398 e. The number of hydrogen-bond donors (Lipinski definition) is 1. The maximum absolute atomic E-state index is 12.1. The number of halogens is 2. The van der Waals surface area contributed by atoms with Crippen LogP contribution in [0.3, 0.4) is 0 Å². The van der Waals surface area contributed by atoms with E-state index in [1.165, 1.54) is 0 Å². The first-order valence-corrected chi connectivity index (χ1v) is 6.56. The van der Waals surface area contributed by atoms with Crippen molar-refractivity contribution >= 4 is 39.0 Å². The summed E-state index contributed by atoms with van der Waals surface area (Å²) in [5.74, 6) is -0.0303. The zero-order chi connectivity index (χ0) is 13.1. The van der Waals surface area contributed by atoms with Gasteiger partial charge in [0.15, 0.2) is 5.78 Å². The molecule has 0 aliphatic heterocycles. The number of nitrogen functional groups attached to an aromatic ring is 1. The molecule has 92 valence electrons. The van der Waals surface area contributed by atoms with E-state index in [1.54, 1.807) is 30.3 Å². The minimum atomic E-state index is -0.0303. The Hall–Kier alpha value is -1.32. The molecule has 0 aromatic heterocycles. The van der Waals surface area contributed by atoms with Gasteiger partial charge in [-0.2, -0.15) is 0 Å². The molecule has 0 atom stereocenters. The Labute approximate surface area is 119 Å². The van der Waals surface area contributed by atoms with Crippen molar-refractivity contribution in [3.8, 4) is 0 Å². The summed E-state index contributed by atoms with van der Waals surface area (Å²) < 4.78 is 0.892. The second-order valence-corrected chi connectivity index (χ2v) is 5.25. The van der Waals surface area contributed by atoms with Crippen molar-refractivity contribution in [2.75, 3.05) is 5.73 Å². The Morgan fingerprint density at radius 1 is 1.22 bits per heavy atom. The highest BCUT2D eigenvalue weighted by Crippen LogP contribution is 2.23. The van der Waals surface area contributed by atoms with Crippen LogP contribution < -0.4 is 5.73 Å². The molecule has 0 bridgehead atoms. The predicted octanol–water partition coefficient (Wildman–Crippen LogP) is 4.11. The van der Waals surface area contributed by atoms with Crippen LogP contribution in [0.1, 0.15) is 15.9 Å². The standard InChI is InChI=1S/C14H11BrClNO/c15-10-6-5-9(12(16)8-10)7-14(18)11-3-1-2-4-13(11)17/h1-6,8H,7,17H2. The Kier molecular flexibility index (Phi) is 4.04. The highest BCUT2D eigenvalue weighted by molar-refractivity contribution is 9.10. The van der Waals surface area contributed by atoms with Crippen LogP contribution in [0.15, 0.2) is 46.9 Å². The maximum Gasteiger partial charge on any atom is 0.169 e. The molecule has 2 rings (SSSR count). The molecule has 4 heteroatoms. The van der Waals surface area contributed by atoms with E-state index in [9.17, 15) is 4.79 Å². The molecule has 2 nitrogen and oxygen atoms in total. The van der Waals surface area contributed by atoms with Gasteiger partial charge < -0.3 is 5.73 Å². The SMILES string of the molecule is Nc1ccccc1C(=O)Cc1ccc(Br)cc1Cl. The molecule has 0 aliphatic rings. The van der Waals surface area contributed by atoms with Gasteiger partial charge in [0.05, 0.1) is 0 Å². The van der Waals surface area contributed by atoms with Gasteiger partial charge in [-0.05, 0) is 29.8 Å². The van der Waals surface area contributed by atoms with Crippen molar-refractivity contribution in [2.24, 2.45) is 0 Å². The van der Waals surface area contributed by atoms with Crippen LogP contribution in [0.25, 0.3) is 0 Å². The van der Waals surface area contributed by atoms with E-state index >= 15 is 0 Å². The Morgan fingerprint density at radius 2 is 1.94 bits per heavy atom. The van der Waals surface area contributed by atoms with E-state index < -0.39 is 0 Å². The van der Waals surface area contributed by atoms with Crippen LogP contribution in [0, 0.1) is 0 Å². The summed E-state index contributed by atoms with van der Waals surface area (Å²) in [5.41, 5.74) is 7.61. The number of rotatable bonds is 3. The zero-order valence-corrected chi connectivity index (χ0v) is 11.8. The lowest BCUT2D eigenvalue weighted by molar-refractivity contribution is 0.0994. The summed E-state index contributed by atoms with van der Waals surface area (Å²) in [7, 11) is 0. The summed E-state index contributed by atoms with van der Waals surface area (Å²) in [6, 6.07) is 12.5. The summed E-state index contributed by atoms with van der Waals surface area (Å²) in [6.07, 6.45) is 0.250. The molecule has 0 heterocycles. The average Bonchev–Trinajstić information content (AvgIpc) is 2.33. The summed E-state index contributed by atoms with van der Waals surface area (Å²) >= 11 is 9.42. The molecule has 0 amide bonds.